The Labute approximate surface area is 120 Å². The largest absolute Gasteiger partial charge is 0.313 e. The minimum Gasteiger partial charge on any atom is -0.313 e. The number of hydrogen-bond acceptors (Lipinski definition) is 3. The molecule has 1 N–H and O–H groups in total. The van der Waals surface area contributed by atoms with Gasteiger partial charge in [0.25, 0.3) is 0 Å². The lowest BCUT2D eigenvalue weighted by Gasteiger charge is -2.24. The zero-order valence-corrected chi connectivity index (χ0v) is 12.0. The van der Waals surface area contributed by atoms with Crippen molar-refractivity contribution in [3.8, 4) is 0 Å². The Morgan fingerprint density at radius 1 is 1.20 bits per heavy atom. The van der Waals surface area contributed by atoms with Crippen LogP contribution in [0.15, 0.2) is 36.7 Å². The molecular weight excluding hydrogens is 246 g/mol. The summed E-state index contributed by atoms with van der Waals surface area (Å²) in [5, 5.41) is 3.30. The molecule has 0 radical (unpaired) electrons. The molecular formula is C17H21N3. The highest BCUT2D eigenvalue weighted by atomic mass is 14.9. The van der Waals surface area contributed by atoms with Gasteiger partial charge in [-0.15, -0.1) is 0 Å². The summed E-state index contributed by atoms with van der Waals surface area (Å²) < 4.78 is 0. The predicted molar refractivity (Wildman–Crippen MR) is 80.6 cm³/mol. The summed E-state index contributed by atoms with van der Waals surface area (Å²) in [5.41, 5.74) is 4.03. The number of benzene rings is 1. The molecule has 0 saturated carbocycles. The van der Waals surface area contributed by atoms with Crippen molar-refractivity contribution < 1.29 is 0 Å². The fraction of sp³-hybridized carbons (Fsp3) is 0.412. The van der Waals surface area contributed by atoms with Gasteiger partial charge in [0.1, 0.15) is 5.82 Å². The van der Waals surface area contributed by atoms with E-state index in [2.05, 4.69) is 46.5 Å². The molecule has 3 heteroatoms. The summed E-state index contributed by atoms with van der Waals surface area (Å²) in [6.45, 7) is 3.92. The van der Waals surface area contributed by atoms with E-state index in [0.717, 1.165) is 30.9 Å². The zero-order chi connectivity index (χ0) is 13.8. The molecule has 0 fully saturated rings. The van der Waals surface area contributed by atoms with Crippen molar-refractivity contribution in [3.63, 3.8) is 0 Å². The number of aryl methyl sites for hydroxylation is 1. The van der Waals surface area contributed by atoms with Crippen LogP contribution in [-0.2, 0) is 13.0 Å². The molecule has 1 aromatic heterocycles. The maximum absolute atomic E-state index is 4.60. The van der Waals surface area contributed by atoms with E-state index in [1.807, 2.05) is 12.4 Å². The highest BCUT2D eigenvalue weighted by Crippen LogP contribution is 2.34. The average Bonchev–Trinajstić information content (AvgIpc) is 2.53. The third-order valence-corrected chi connectivity index (χ3v) is 3.99. The highest BCUT2D eigenvalue weighted by Gasteiger charge is 2.23. The lowest BCUT2D eigenvalue weighted by atomic mass is 9.82. The summed E-state index contributed by atoms with van der Waals surface area (Å²) in [4.78, 5) is 9.21. The van der Waals surface area contributed by atoms with Crippen LogP contribution in [-0.4, -0.2) is 16.5 Å². The maximum Gasteiger partial charge on any atom is 0.135 e. The van der Waals surface area contributed by atoms with Crippen LogP contribution in [0.2, 0.25) is 0 Å². The van der Waals surface area contributed by atoms with Crippen LogP contribution in [0.1, 0.15) is 48.2 Å². The number of rotatable bonds is 4. The third kappa shape index (κ3) is 2.73. The molecule has 0 amide bonds. The summed E-state index contributed by atoms with van der Waals surface area (Å²) in [6.07, 6.45) is 7.49. The molecule has 1 heterocycles. The van der Waals surface area contributed by atoms with E-state index in [1.54, 1.807) is 0 Å². The van der Waals surface area contributed by atoms with E-state index < -0.39 is 0 Å². The summed E-state index contributed by atoms with van der Waals surface area (Å²) >= 11 is 0. The van der Waals surface area contributed by atoms with Gasteiger partial charge in [0, 0.05) is 30.4 Å². The van der Waals surface area contributed by atoms with Crippen molar-refractivity contribution in [2.45, 2.75) is 38.6 Å². The number of hydrogen-bond donors (Lipinski definition) is 1. The first-order chi connectivity index (χ1) is 9.88. The topological polar surface area (TPSA) is 37.8 Å². The summed E-state index contributed by atoms with van der Waals surface area (Å²) in [5.74, 6) is 1.34. The van der Waals surface area contributed by atoms with Gasteiger partial charge in [0.05, 0.1) is 0 Å². The monoisotopic (exact) mass is 267 g/mol. The fourth-order valence-corrected chi connectivity index (χ4v) is 2.93. The summed E-state index contributed by atoms with van der Waals surface area (Å²) in [7, 11) is 0. The Hall–Kier alpha value is -1.74. The van der Waals surface area contributed by atoms with Crippen LogP contribution in [0.4, 0.5) is 0 Å². The lowest BCUT2D eigenvalue weighted by molar-refractivity contribution is 0.588. The fourth-order valence-electron chi connectivity index (χ4n) is 2.93. The van der Waals surface area contributed by atoms with Gasteiger partial charge < -0.3 is 5.32 Å². The quantitative estimate of drug-likeness (QED) is 0.925. The maximum atomic E-state index is 4.60. The van der Waals surface area contributed by atoms with Gasteiger partial charge >= 0.3 is 0 Å². The normalized spacial score (nSPS) is 17.8. The molecule has 0 bridgehead atoms. The Morgan fingerprint density at radius 2 is 2.00 bits per heavy atom. The van der Waals surface area contributed by atoms with E-state index in [9.17, 15) is 0 Å². The van der Waals surface area contributed by atoms with Gasteiger partial charge in [-0.1, -0.05) is 31.2 Å². The molecule has 3 rings (SSSR count). The second-order valence-corrected chi connectivity index (χ2v) is 5.37. The standard InChI is InChI=1S/C17H21N3/c1-2-18-10-13-11-19-17(20-12-13)16-9-5-7-14-6-3-4-8-15(14)16/h3-4,6,8,11-12,16,18H,2,5,7,9-10H2,1H3. The number of nitrogens with one attached hydrogen (secondary N) is 1. The molecule has 0 spiro atoms. The first kappa shape index (κ1) is 13.3. The van der Waals surface area contributed by atoms with Gasteiger partial charge in [-0.2, -0.15) is 0 Å². The lowest BCUT2D eigenvalue weighted by Crippen LogP contribution is -2.15. The molecule has 0 saturated heterocycles. The van der Waals surface area contributed by atoms with Gasteiger partial charge in [-0.25, -0.2) is 9.97 Å². The molecule has 1 aromatic carbocycles. The first-order valence-electron chi connectivity index (χ1n) is 7.48. The van der Waals surface area contributed by atoms with Crippen molar-refractivity contribution in [1.82, 2.24) is 15.3 Å². The van der Waals surface area contributed by atoms with Gasteiger partial charge in [-0.3, -0.25) is 0 Å². The Balaban J connectivity index is 1.83. The molecule has 1 unspecified atom stereocenters. The van der Waals surface area contributed by atoms with E-state index in [-0.39, 0.29) is 0 Å². The average molecular weight is 267 g/mol. The smallest absolute Gasteiger partial charge is 0.135 e. The van der Waals surface area contributed by atoms with Crippen LogP contribution in [0.5, 0.6) is 0 Å². The Morgan fingerprint density at radius 3 is 2.80 bits per heavy atom. The summed E-state index contributed by atoms with van der Waals surface area (Å²) in [6, 6.07) is 8.72. The van der Waals surface area contributed by atoms with E-state index in [0.29, 0.717) is 5.92 Å². The molecule has 0 aliphatic heterocycles. The van der Waals surface area contributed by atoms with Crippen molar-refractivity contribution in [2.75, 3.05) is 6.54 Å². The van der Waals surface area contributed by atoms with Crippen molar-refractivity contribution in [1.29, 1.82) is 0 Å². The van der Waals surface area contributed by atoms with Crippen LogP contribution >= 0.6 is 0 Å². The molecule has 1 aliphatic rings. The molecule has 104 valence electrons. The minimum atomic E-state index is 0.369. The molecule has 2 aromatic rings. The zero-order valence-electron chi connectivity index (χ0n) is 12.0. The van der Waals surface area contributed by atoms with Crippen molar-refractivity contribution in [3.05, 3.63) is 59.2 Å². The predicted octanol–water partition coefficient (Wildman–Crippen LogP) is 3.05. The molecule has 1 atom stereocenters. The van der Waals surface area contributed by atoms with Gasteiger partial charge in [0.2, 0.25) is 0 Å². The SMILES string of the molecule is CCNCc1cnc(C2CCCc3ccccc32)nc1. The second kappa shape index (κ2) is 6.14. The van der Waals surface area contributed by atoms with E-state index >= 15 is 0 Å². The highest BCUT2D eigenvalue weighted by molar-refractivity contribution is 5.36. The third-order valence-electron chi connectivity index (χ3n) is 3.99. The number of nitrogens with zero attached hydrogens (tertiary/aromatic N) is 2. The minimum absolute atomic E-state index is 0.369. The Bertz CT molecular complexity index is 563. The van der Waals surface area contributed by atoms with Crippen LogP contribution < -0.4 is 5.32 Å². The molecule has 3 nitrogen and oxygen atoms in total. The van der Waals surface area contributed by atoms with E-state index in [4.69, 9.17) is 0 Å². The van der Waals surface area contributed by atoms with Gasteiger partial charge in [-0.05, 0) is 36.9 Å². The second-order valence-electron chi connectivity index (χ2n) is 5.37. The van der Waals surface area contributed by atoms with Gasteiger partial charge in [0.15, 0.2) is 0 Å². The van der Waals surface area contributed by atoms with Crippen molar-refractivity contribution >= 4 is 0 Å². The van der Waals surface area contributed by atoms with E-state index in [1.165, 1.54) is 24.0 Å². The molecule has 1 aliphatic carbocycles. The van der Waals surface area contributed by atoms with Crippen molar-refractivity contribution in [2.24, 2.45) is 0 Å². The Kier molecular flexibility index (Phi) is 4.07. The molecule has 20 heavy (non-hydrogen) atoms. The first-order valence-corrected chi connectivity index (χ1v) is 7.48. The van der Waals surface area contributed by atoms with Crippen LogP contribution in [0, 0.1) is 0 Å². The van der Waals surface area contributed by atoms with Crippen LogP contribution in [0.3, 0.4) is 0 Å². The number of aromatic nitrogens is 2. The van der Waals surface area contributed by atoms with Crippen LogP contribution in [0.25, 0.3) is 0 Å². The number of fused-ring (bicyclic) bond motifs is 1.